The predicted molar refractivity (Wildman–Crippen MR) is 129 cm³/mol. The first kappa shape index (κ1) is 24.7. The Balaban J connectivity index is 0.00000392. The minimum absolute atomic E-state index is 0. The highest BCUT2D eigenvalue weighted by atomic mass is 127. The molecule has 0 amide bonds. The summed E-state index contributed by atoms with van der Waals surface area (Å²) in [6.07, 6.45) is 5.35. The van der Waals surface area contributed by atoms with Gasteiger partial charge >= 0.3 is 0 Å². The van der Waals surface area contributed by atoms with Crippen LogP contribution in [0.4, 0.5) is 0 Å². The van der Waals surface area contributed by atoms with Gasteiger partial charge in [-0.3, -0.25) is 4.99 Å². The highest BCUT2D eigenvalue weighted by Crippen LogP contribution is 2.19. The Hall–Kier alpha value is -1.35. The van der Waals surface area contributed by atoms with Crippen LogP contribution in [-0.4, -0.2) is 46.3 Å². The minimum Gasteiger partial charge on any atom is -0.388 e. The maximum atomic E-state index is 10.7. The van der Waals surface area contributed by atoms with Gasteiger partial charge in [0.2, 0.25) is 0 Å². The number of guanidine groups is 1. The van der Waals surface area contributed by atoms with Gasteiger partial charge < -0.3 is 20.7 Å². The summed E-state index contributed by atoms with van der Waals surface area (Å²) < 4.78 is 0. The fraction of sp³-hybridized carbons (Fsp3) is 0.619. The fourth-order valence-electron chi connectivity index (χ4n) is 3.37. The Morgan fingerprint density at radius 1 is 1.14 bits per heavy atom. The van der Waals surface area contributed by atoms with Crippen LogP contribution in [0.2, 0.25) is 0 Å². The molecule has 0 unspecified atom stereocenters. The number of aliphatic imine (C=N–C) groups is 1. The highest BCUT2D eigenvalue weighted by molar-refractivity contribution is 14.0. The average molecular weight is 501 g/mol. The SMILES string of the molecule is CCCC(O)(CCC)CN=C(NCC)NCCCc1nc2ccccc2[nH]1.I. The van der Waals surface area contributed by atoms with Gasteiger partial charge in [0.25, 0.3) is 0 Å². The van der Waals surface area contributed by atoms with Crippen molar-refractivity contribution in [3.63, 3.8) is 0 Å². The summed E-state index contributed by atoms with van der Waals surface area (Å²) >= 11 is 0. The lowest BCUT2D eigenvalue weighted by atomic mass is 9.93. The van der Waals surface area contributed by atoms with Crippen molar-refractivity contribution in [3.8, 4) is 0 Å². The summed E-state index contributed by atoms with van der Waals surface area (Å²) in [5.74, 6) is 1.79. The molecule has 0 atom stereocenters. The zero-order chi connectivity index (χ0) is 19.5. The van der Waals surface area contributed by atoms with Gasteiger partial charge in [-0.05, 0) is 38.3 Å². The largest absolute Gasteiger partial charge is 0.388 e. The van der Waals surface area contributed by atoms with E-state index < -0.39 is 5.60 Å². The van der Waals surface area contributed by atoms with E-state index in [1.165, 1.54) is 0 Å². The number of nitrogens with one attached hydrogen (secondary N) is 3. The third-order valence-electron chi connectivity index (χ3n) is 4.63. The molecule has 0 spiro atoms. The van der Waals surface area contributed by atoms with Gasteiger partial charge in [-0.2, -0.15) is 0 Å². The maximum absolute atomic E-state index is 10.7. The molecule has 1 heterocycles. The number of aromatic amines is 1. The second kappa shape index (κ2) is 13.0. The van der Waals surface area contributed by atoms with Gasteiger partial charge in [-0.25, -0.2) is 4.98 Å². The lowest BCUT2D eigenvalue weighted by Crippen LogP contribution is -2.40. The van der Waals surface area contributed by atoms with Gasteiger partial charge in [-0.15, -0.1) is 24.0 Å². The fourth-order valence-corrected chi connectivity index (χ4v) is 3.37. The molecule has 0 aliphatic rings. The highest BCUT2D eigenvalue weighted by Gasteiger charge is 2.24. The monoisotopic (exact) mass is 501 g/mol. The standard InChI is InChI=1S/C21H35N5O.HI/c1-4-13-21(27,14-5-2)16-24-20(22-6-3)23-15-9-12-19-25-17-10-7-8-11-18(17)26-19;/h7-8,10-11,27H,4-6,9,12-16H2,1-3H3,(H,25,26)(H2,22,23,24);1H. The number of nitrogens with zero attached hydrogens (tertiary/aromatic N) is 2. The van der Waals surface area contributed by atoms with E-state index in [1.54, 1.807) is 0 Å². The summed E-state index contributed by atoms with van der Waals surface area (Å²) in [7, 11) is 0. The van der Waals surface area contributed by atoms with Crippen molar-refractivity contribution in [1.82, 2.24) is 20.6 Å². The number of para-hydroxylation sites is 2. The van der Waals surface area contributed by atoms with E-state index in [4.69, 9.17) is 0 Å². The van der Waals surface area contributed by atoms with Crippen molar-refractivity contribution in [3.05, 3.63) is 30.1 Å². The summed E-state index contributed by atoms with van der Waals surface area (Å²) in [6, 6.07) is 8.10. The summed E-state index contributed by atoms with van der Waals surface area (Å²) in [4.78, 5) is 12.6. The van der Waals surface area contributed by atoms with Crippen molar-refractivity contribution in [2.75, 3.05) is 19.6 Å². The molecule has 0 fully saturated rings. The molecule has 0 saturated carbocycles. The Morgan fingerprint density at radius 3 is 2.50 bits per heavy atom. The zero-order valence-electron chi connectivity index (χ0n) is 17.4. The molecule has 2 aromatic rings. The molecule has 1 aromatic heterocycles. The Kier molecular flexibility index (Phi) is 11.4. The molecular weight excluding hydrogens is 465 g/mol. The summed E-state index contributed by atoms with van der Waals surface area (Å²) in [5.41, 5.74) is 1.41. The third-order valence-corrected chi connectivity index (χ3v) is 4.63. The topological polar surface area (TPSA) is 85.3 Å². The van der Waals surface area contributed by atoms with E-state index in [9.17, 15) is 5.11 Å². The second-order valence-corrected chi connectivity index (χ2v) is 7.15. The zero-order valence-corrected chi connectivity index (χ0v) is 19.8. The van der Waals surface area contributed by atoms with E-state index in [0.29, 0.717) is 6.54 Å². The number of aromatic nitrogens is 2. The molecule has 7 heteroatoms. The van der Waals surface area contributed by atoms with Gasteiger partial charge in [0, 0.05) is 19.5 Å². The minimum atomic E-state index is -0.694. The number of halogens is 1. The van der Waals surface area contributed by atoms with Crippen LogP contribution in [0, 0.1) is 0 Å². The van der Waals surface area contributed by atoms with Gasteiger partial charge in [0.05, 0.1) is 23.2 Å². The van der Waals surface area contributed by atoms with Crippen LogP contribution in [-0.2, 0) is 6.42 Å². The molecular formula is C21H36IN5O. The number of aryl methyl sites for hydroxylation is 1. The van der Waals surface area contributed by atoms with Crippen LogP contribution in [0.15, 0.2) is 29.3 Å². The van der Waals surface area contributed by atoms with Crippen molar-refractivity contribution in [2.45, 2.75) is 64.9 Å². The molecule has 0 aliphatic heterocycles. The lowest BCUT2D eigenvalue weighted by Gasteiger charge is -2.26. The van der Waals surface area contributed by atoms with Gasteiger partial charge in [-0.1, -0.05) is 38.8 Å². The van der Waals surface area contributed by atoms with E-state index in [1.807, 2.05) is 24.3 Å². The number of H-pyrrole nitrogens is 1. The molecule has 158 valence electrons. The molecule has 4 N–H and O–H groups in total. The Bertz CT molecular complexity index is 677. The quantitative estimate of drug-likeness (QED) is 0.162. The molecule has 2 rings (SSSR count). The normalized spacial score (nSPS) is 12.1. The number of hydrogen-bond donors (Lipinski definition) is 4. The number of aliphatic hydroxyl groups is 1. The predicted octanol–water partition coefficient (Wildman–Crippen LogP) is 4.00. The van der Waals surface area contributed by atoms with Gasteiger partial charge in [0.15, 0.2) is 5.96 Å². The molecule has 0 saturated heterocycles. The number of hydrogen-bond acceptors (Lipinski definition) is 3. The second-order valence-electron chi connectivity index (χ2n) is 7.15. The molecule has 0 bridgehead atoms. The Labute approximate surface area is 186 Å². The number of rotatable bonds is 11. The molecule has 28 heavy (non-hydrogen) atoms. The first-order valence-electron chi connectivity index (χ1n) is 10.3. The first-order chi connectivity index (χ1) is 13.1. The molecule has 6 nitrogen and oxygen atoms in total. The van der Waals surface area contributed by atoms with E-state index >= 15 is 0 Å². The molecule has 1 aromatic carbocycles. The average Bonchev–Trinajstić information content (AvgIpc) is 3.06. The van der Waals surface area contributed by atoms with Crippen LogP contribution in [0.1, 0.15) is 58.7 Å². The van der Waals surface area contributed by atoms with Crippen molar-refractivity contribution in [1.29, 1.82) is 0 Å². The maximum Gasteiger partial charge on any atom is 0.191 e. The smallest absolute Gasteiger partial charge is 0.191 e. The van der Waals surface area contributed by atoms with Crippen molar-refractivity contribution in [2.24, 2.45) is 4.99 Å². The van der Waals surface area contributed by atoms with Crippen molar-refractivity contribution < 1.29 is 5.11 Å². The molecule has 0 aliphatic carbocycles. The van der Waals surface area contributed by atoms with Crippen molar-refractivity contribution >= 4 is 41.0 Å². The van der Waals surface area contributed by atoms with E-state index in [-0.39, 0.29) is 24.0 Å². The number of benzene rings is 1. The van der Waals surface area contributed by atoms with Crippen LogP contribution < -0.4 is 10.6 Å². The number of fused-ring (bicyclic) bond motifs is 1. The number of imidazole rings is 1. The summed E-state index contributed by atoms with van der Waals surface area (Å²) in [6.45, 7) is 8.31. The Morgan fingerprint density at radius 2 is 1.86 bits per heavy atom. The first-order valence-corrected chi connectivity index (χ1v) is 10.3. The molecule has 0 radical (unpaired) electrons. The van der Waals surface area contributed by atoms with Crippen LogP contribution in [0.3, 0.4) is 0 Å². The van der Waals surface area contributed by atoms with Crippen LogP contribution in [0.25, 0.3) is 11.0 Å². The summed E-state index contributed by atoms with van der Waals surface area (Å²) in [5, 5.41) is 17.4. The van der Waals surface area contributed by atoms with E-state index in [2.05, 4.69) is 46.4 Å². The van der Waals surface area contributed by atoms with Crippen LogP contribution >= 0.6 is 24.0 Å². The third kappa shape index (κ3) is 7.95. The lowest BCUT2D eigenvalue weighted by molar-refractivity contribution is 0.0306. The van der Waals surface area contributed by atoms with Crippen LogP contribution in [0.5, 0.6) is 0 Å². The van der Waals surface area contributed by atoms with E-state index in [0.717, 1.165) is 74.4 Å². The van der Waals surface area contributed by atoms with Gasteiger partial charge in [0.1, 0.15) is 5.82 Å².